The van der Waals surface area contributed by atoms with Crippen LogP contribution in [0.15, 0.2) is 24.3 Å². The van der Waals surface area contributed by atoms with Gasteiger partial charge in [-0.1, -0.05) is 6.42 Å². The Balaban J connectivity index is 1.63. The van der Waals surface area contributed by atoms with Gasteiger partial charge in [0.2, 0.25) is 5.91 Å². The largest absolute Gasteiger partial charge is 0.497 e. The standard InChI is InChI=1S/C17H25N3O3/c1-23-15-9-7-14(8-10-15)20-17(22)12-19-16(21)11-18-13-5-3-2-4-6-13/h7-10,13,18H,2-6,11-12H2,1H3,(H,19,21)(H,20,22)/p+1. The molecule has 0 aliphatic heterocycles. The number of hydrogen-bond acceptors (Lipinski definition) is 3. The van der Waals surface area contributed by atoms with Crippen molar-refractivity contribution in [1.29, 1.82) is 0 Å². The topological polar surface area (TPSA) is 84.0 Å². The molecule has 4 N–H and O–H groups in total. The third-order valence-electron chi connectivity index (χ3n) is 4.11. The summed E-state index contributed by atoms with van der Waals surface area (Å²) in [6, 6.07) is 7.62. The highest BCUT2D eigenvalue weighted by atomic mass is 16.5. The Labute approximate surface area is 137 Å². The predicted molar refractivity (Wildman–Crippen MR) is 88.3 cm³/mol. The molecule has 0 bridgehead atoms. The van der Waals surface area contributed by atoms with Crippen molar-refractivity contribution in [3.63, 3.8) is 0 Å². The number of anilines is 1. The number of nitrogens with one attached hydrogen (secondary N) is 2. The highest BCUT2D eigenvalue weighted by Gasteiger charge is 2.17. The number of methoxy groups -OCH3 is 1. The van der Waals surface area contributed by atoms with Gasteiger partial charge in [0, 0.05) is 5.69 Å². The summed E-state index contributed by atoms with van der Waals surface area (Å²) in [4.78, 5) is 23.6. The molecule has 2 rings (SSSR count). The molecule has 0 saturated heterocycles. The van der Waals surface area contributed by atoms with Gasteiger partial charge in [0.1, 0.15) is 5.75 Å². The smallest absolute Gasteiger partial charge is 0.275 e. The van der Waals surface area contributed by atoms with Gasteiger partial charge in [-0.05, 0) is 49.9 Å². The Kier molecular flexibility index (Phi) is 6.87. The van der Waals surface area contributed by atoms with Crippen molar-refractivity contribution in [2.75, 3.05) is 25.5 Å². The molecule has 6 heteroatoms. The van der Waals surface area contributed by atoms with E-state index in [9.17, 15) is 9.59 Å². The summed E-state index contributed by atoms with van der Waals surface area (Å²) in [6.07, 6.45) is 6.19. The van der Waals surface area contributed by atoms with Crippen LogP contribution in [-0.2, 0) is 9.59 Å². The van der Waals surface area contributed by atoms with Crippen LogP contribution in [0.1, 0.15) is 32.1 Å². The molecule has 0 unspecified atom stereocenters. The molecule has 0 atom stereocenters. The van der Waals surface area contributed by atoms with Crippen molar-refractivity contribution in [3.05, 3.63) is 24.3 Å². The number of amides is 2. The van der Waals surface area contributed by atoms with E-state index in [-0.39, 0.29) is 18.4 Å². The van der Waals surface area contributed by atoms with Gasteiger partial charge in [0.15, 0.2) is 6.54 Å². The highest BCUT2D eigenvalue weighted by molar-refractivity contribution is 5.94. The van der Waals surface area contributed by atoms with Gasteiger partial charge in [-0.3, -0.25) is 9.59 Å². The van der Waals surface area contributed by atoms with Crippen molar-refractivity contribution in [1.82, 2.24) is 5.32 Å². The van der Waals surface area contributed by atoms with E-state index < -0.39 is 0 Å². The maximum atomic E-state index is 11.8. The second kappa shape index (κ2) is 9.15. The maximum Gasteiger partial charge on any atom is 0.275 e. The molecule has 1 aromatic rings. The van der Waals surface area contributed by atoms with Gasteiger partial charge < -0.3 is 20.7 Å². The van der Waals surface area contributed by atoms with Crippen LogP contribution in [0, 0.1) is 0 Å². The number of quaternary nitrogens is 1. The van der Waals surface area contributed by atoms with Gasteiger partial charge in [-0.2, -0.15) is 0 Å². The van der Waals surface area contributed by atoms with Crippen LogP contribution in [0.3, 0.4) is 0 Å². The van der Waals surface area contributed by atoms with Crippen LogP contribution in [0.25, 0.3) is 0 Å². The van der Waals surface area contributed by atoms with E-state index in [1.54, 1.807) is 31.4 Å². The third kappa shape index (κ3) is 6.28. The van der Waals surface area contributed by atoms with E-state index in [1.165, 1.54) is 32.1 Å². The van der Waals surface area contributed by atoms with E-state index in [0.717, 1.165) is 5.75 Å². The molecule has 1 aliphatic rings. The van der Waals surface area contributed by atoms with Crippen LogP contribution in [0.5, 0.6) is 5.75 Å². The van der Waals surface area contributed by atoms with Crippen molar-refractivity contribution in [2.45, 2.75) is 38.1 Å². The number of rotatable bonds is 7. The van der Waals surface area contributed by atoms with Gasteiger partial charge in [0.25, 0.3) is 5.91 Å². The van der Waals surface area contributed by atoms with Crippen molar-refractivity contribution in [2.24, 2.45) is 0 Å². The molecule has 0 heterocycles. The van der Waals surface area contributed by atoms with E-state index in [1.807, 2.05) is 0 Å². The van der Waals surface area contributed by atoms with Crippen molar-refractivity contribution < 1.29 is 19.6 Å². The summed E-state index contributed by atoms with van der Waals surface area (Å²) < 4.78 is 5.06. The first-order valence-electron chi connectivity index (χ1n) is 8.21. The van der Waals surface area contributed by atoms with E-state index in [0.29, 0.717) is 18.3 Å². The Morgan fingerprint density at radius 2 is 1.83 bits per heavy atom. The summed E-state index contributed by atoms with van der Waals surface area (Å²) in [7, 11) is 1.59. The zero-order valence-corrected chi connectivity index (χ0v) is 13.6. The number of benzene rings is 1. The predicted octanol–water partition coefficient (Wildman–Crippen LogP) is 0.646. The number of nitrogens with two attached hydrogens (primary N) is 1. The normalized spacial score (nSPS) is 15.0. The molecule has 0 aromatic heterocycles. The van der Waals surface area contributed by atoms with Gasteiger partial charge >= 0.3 is 0 Å². The zero-order chi connectivity index (χ0) is 16.5. The monoisotopic (exact) mass is 320 g/mol. The molecule has 6 nitrogen and oxygen atoms in total. The number of hydrogen-bond donors (Lipinski definition) is 3. The molecule has 0 radical (unpaired) electrons. The van der Waals surface area contributed by atoms with Gasteiger partial charge in [-0.25, -0.2) is 0 Å². The number of carbonyl (C=O) groups is 2. The zero-order valence-electron chi connectivity index (χ0n) is 13.6. The van der Waals surface area contributed by atoms with E-state index in [4.69, 9.17) is 4.74 Å². The fourth-order valence-electron chi connectivity index (χ4n) is 2.77. The number of carbonyl (C=O) groups excluding carboxylic acids is 2. The van der Waals surface area contributed by atoms with Crippen molar-refractivity contribution in [3.8, 4) is 5.75 Å². The lowest BCUT2D eigenvalue weighted by Crippen LogP contribution is -2.92. The lowest BCUT2D eigenvalue weighted by atomic mass is 9.95. The van der Waals surface area contributed by atoms with Crippen LogP contribution >= 0.6 is 0 Å². The molecule has 23 heavy (non-hydrogen) atoms. The van der Waals surface area contributed by atoms with Crippen LogP contribution in [0.2, 0.25) is 0 Å². The Morgan fingerprint density at radius 1 is 1.13 bits per heavy atom. The van der Waals surface area contributed by atoms with Crippen LogP contribution in [0.4, 0.5) is 5.69 Å². The lowest BCUT2D eigenvalue weighted by molar-refractivity contribution is -0.681. The fraction of sp³-hybridized carbons (Fsp3) is 0.529. The Hall–Kier alpha value is -2.08. The van der Waals surface area contributed by atoms with E-state index in [2.05, 4.69) is 16.0 Å². The molecule has 2 amide bonds. The number of ether oxygens (including phenoxy) is 1. The summed E-state index contributed by atoms with van der Waals surface area (Å²) >= 11 is 0. The van der Waals surface area contributed by atoms with Gasteiger partial charge in [0.05, 0.1) is 19.7 Å². The third-order valence-corrected chi connectivity index (χ3v) is 4.11. The summed E-state index contributed by atoms with van der Waals surface area (Å²) in [5.41, 5.74) is 0.679. The quantitative estimate of drug-likeness (QED) is 0.689. The molecular weight excluding hydrogens is 294 g/mol. The second-order valence-corrected chi connectivity index (χ2v) is 5.89. The highest BCUT2D eigenvalue weighted by Crippen LogP contribution is 2.15. The average Bonchev–Trinajstić information content (AvgIpc) is 2.60. The molecule has 0 spiro atoms. The summed E-state index contributed by atoms with van der Waals surface area (Å²) in [5.74, 6) is 0.399. The fourth-order valence-corrected chi connectivity index (χ4v) is 2.77. The molecule has 1 aliphatic carbocycles. The second-order valence-electron chi connectivity index (χ2n) is 5.89. The first-order valence-corrected chi connectivity index (χ1v) is 8.21. The Morgan fingerprint density at radius 3 is 2.48 bits per heavy atom. The summed E-state index contributed by atoms with van der Waals surface area (Å²) in [6.45, 7) is 0.379. The molecular formula is C17H26N3O3+. The van der Waals surface area contributed by atoms with Crippen LogP contribution < -0.4 is 20.7 Å². The Bertz CT molecular complexity index is 510. The van der Waals surface area contributed by atoms with Gasteiger partial charge in [-0.15, -0.1) is 0 Å². The first kappa shape index (κ1) is 17.3. The van der Waals surface area contributed by atoms with E-state index >= 15 is 0 Å². The van der Waals surface area contributed by atoms with Crippen LogP contribution in [-0.4, -0.2) is 38.1 Å². The van der Waals surface area contributed by atoms with Crippen molar-refractivity contribution >= 4 is 17.5 Å². The minimum absolute atomic E-state index is 0.0105. The molecule has 1 saturated carbocycles. The lowest BCUT2D eigenvalue weighted by Gasteiger charge is -2.19. The molecule has 1 aromatic carbocycles. The summed E-state index contributed by atoms with van der Waals surface area (Å²) in [5, 5.41) is 7.49. The maximum absolute atomic E-state index is 11.8. The minimum atomic E-state index is -0.235. The SMILES string of the molecule is COc1ccc(NC(=O)CNC(=O)C[NH2+]C2CCCCC2)cc1. The average molecular weight is 320 g/mol. The molecule has 1 fully saturated rings. The molecule has 126 valence electrons. The first-order chi connectivity index (χ1) is 11.2. The minimum Gasteiger partial charge on any atom is -0.497 e.